The summed E-state index contributed by atoms with van der Waals surface area (Å²) in [6.07, 6.45) is -1.09. The molecule has 2 aromatic rings. The minimum absolute atomic E-state index is 0.244. The Balaban J connectivity index is 2.53. The van der Waals surface area contributed by atoms with E-state index in [1.807, 2.05) is 32.9 Å². The molecular weight excluding hydrogens is 372 g/mol. The van der Waals surface area contributed by atoms with Crippen molar-refractivity contribution in [2.75, 3.05) is 7.11 Å². The van der Waals surface area contributed by atoms with Crippen LogP contribution < -0.4 is 9.47 Å². The van der Waals surface area contributed by atoms with Gasteiger partial charge in [0.25, 0.3) is 0 Å². The molecule has 128 valence electrons. The van der Waals surface area contributed by atoms with Crippen molar-refractivity contribution in [2.24, 2.45) is 0 Å². The number of halogens is 1. The Labute approximate surface area is 150 Å². The Morgan fingerprint density at radius 3 is 2.29 bits per heavy atom. The highest BCUT2D eigenvalue weighted by molar-refractivity contribution is 9.10. The van der Waals surface area contributed by atoms with E-state index in [-0.39, 0.29) is 5.41 Å². The molecule has 0 saturated heterocycles. The van der Waals surface area contributed by atoms with Gasteiger partial charge in [-0.1, -0.05) is 51.1 Å². The SMILES string of the molecule is COc1cc(Br)c(OC(C(=O)O)c2ccccc2)c(C(C)(C)C)c1. The van der Waals surface area contributed by atoms with Crippen molar-refractivity contribution in [3.8, 4) is 11.5 Å². The van der Waals surface area contributed by atoms with Crippen molar-refractivity contribution in [1.29, 1.82) is 0 Å². The Hall–Kier alpha value is -2.01. The molecule has 0 aromatic heterocycles. The quantitative estimate of drug-likeness (QED) is 0.780. The molecule has 0 radical (unpaired) electrons. The molecule has 0 saturated carbocycles. The zero-order chi connectivity index (χ0) is 17.9. The molecule has 0 aliphatic heterocycles. The van der Waals surface area contributed by atoms with Crippen LogP contribution >= 0.6 is 15.9 Å². The van der Waals surface area contributed by atoms with Gasteiger partial charge in [-0.2, -0.15) is 0 Å². The zero-order valence-electron chi connectivity index (χ0n) is 14.2. The molecule has 2 aromatic carbocycles. The Bertz CT molecular complexity index is 720. The van der Waals surface area contributed by atoms with Crippen molar-refractivity contribution in [3.63, 3.8) is 0 Å². The molecule has 0 aliphatic rings. The van der Waals surface area contributed by atoms with Gasteiger partial charge >= 0.3 is 5.97 Å². The van der Waals surface area contributed by atoms with E-state index in [4.69, 9.17) is 9.47 Å². The molecule has 2 rings (SSSR count). The molecule has 0 amide bonds. The minimum atomic E-state index is -1.09. The van der Waals surface area contributed by atoms with Crippen LogP contribution in [0.3, 0.4) is 0 Å². The van der Waals surface area contributed by atoms with Crippen molar-refractivity contribution < 1.29 is 19.4 Å². The maximum absolute atomic E-state index is 11.7. The van der Waals surface area contributed by atoms with E-state index in [1.165, 1.54) is 0 Å². The van der Waals surface area contributed by atoms with E-state index in [2.05, 4.69) is 15.9 Å². The second kappa shape index (κ2) is 7.26. The molecule has 1 unspecified atom stereocenters. The van der Waals surface area contributed by atoms with Gasteiger partial charge in [-0.3, -0.25) is 0 Å². The predicted molar refractivity (Wildman–Crippen MR) is 96.8 cm³/mol. The van der Waals surface area contributed by atoms with Gasteiger partial charge in [0, 0.05) is 11.1 Å². The fourth-order valence-electron chi connectivity index (χ4n) is 2.37. The second-order valence-electron chi connectivity index (χ2n) is 6.48. The molecular formula is C19H21BrO4. The Morgan fingerprint density at radius 2 is 1.79 bits per heavy atom. The summed E-state index contributed by atoms with van der Waals surface area (Å²) in [6.45, 7) is 6.12. The number of methoxy groups -OCH3 is 1. The van der Waals surface area contributed by atoms with Crippen LogP contribution in [-0.2, 0) is 10.2 Å². The molecule has 0 fully saturated rings. The van der Waals surface area contributed by atoms with Crippen molar-refractivity contribution >= 4 is 21.9 Å². The summed E-state index contributed by atoms with van der Waals surface area (Å²) < 4.78 is 11.9. The van der Waals surface area contributed by atoms with Gasteiger partial charge < -0.3 is 14.6 Å². The lowest BCUT2D eigenvalue weighted by molar-refractivity contribution is -0.145. The zero-order valence-corrected chi connectivity index (χ0v) is 15.8. The summed E-state index contributed by atoms with van der Waals surface area (Å²) in [5.74, 6) is 0.161. The highest BCUT2D eigenvalue weighted by Gasteiger charge is 2.28. The van der Waals surface area contributed by atoms with Gasteiger partial charge in [0.2, 0.25) is 6.10 Å². The predicted octanol–water partition coefficient (Wildman–Crippen LogP) is 4.96. The third kappa shape index (κ3) is 4.09. The van der Waals surface area contributed by atoms with Crippen LogP contribution in [-0.4, -0.2) is 18.2 Å². The fourth-order valence-corrected chi connectivity index (χ4v) is 2.90. The van der Waals surface area contributed by atoms with E-state index in [0.717, 1.165) is 5.56 Å². The molecule has 0 heterocycles. The monoisotopic (exact) mass is 392 g/mol. The van der Waals surface area contributed by atoms with Crippen LogP contribution in [0.2, 0.25) is 0 Å². The highest BCUT2D eigenvalue weighted by Crippen LogP contribution is 2.42. The molecule has 0 bridgehead atoms. The molecule has 24 heavy (non-hydrogen) atoms. The Kier molecular flexibility index (Phi) is 5.54. The van der Waals surface area contributed by atoms with Crippen LogP contribution in [0.1, 0.15) is 38.0 Å². The second-order valence-corrected chi connectivity index (χ2v) is 7.34. The van der Waals surface area contributed by atoms with Crippen molar-refractivity contribution in [3.05, 3.63) is 58.1 Å². The summed E-state index contributed by atoms with van der Waals surface area (Å²) in [4.78, 5) is 11.7. The minimum Gasteiger partial charge on any atom is -0.497 e. The lowest BCUT2D eigenvalue weighted by Gasteiger charge is -2.26. The van der Waals surface area contributed by atoms with Crippen LogP contribution in [0.4, 0.5) is 0 Å². The summed E-state index contributed by atoms with van der Waals surface area (Å²) in [7, 11) is 1.60. The fraction of sp³-hybridized carbons (Fsp3) is 0.316. The molecule has 5 heteroatoms. The van der Waals surface area contributed by atoms with Gasteiger partial charge in [0.05, 0.1) is 11.6 Å². The molecule has 1 N–H and O–H groups in total. The summed E-state index contributed by atoms with van der Waals surface area (Å²) in [5, 5.41) is 9.61. The summed E-state index contributed by atoms with van der Waals surface area (Å²) in [5.41, 5.74) is 1.22. The van der Waals surface area contributed by atoms with Crippen LogP contribution in [0.25, 0.3) is 0 Å². The third-order valence-electron chi connectivity index (χ3n) is 3.62. The van der Waals surface area contributed by atoms with Crippen LogP contribution in [0.15, 0.2) is 46.9 Å². The van der Waals surface area contributed by atoms with Gasteiger partial charge in [0.1, 0.15) is 11.5 Å². The molecule has 0 aliphatic carbocycles. The number of carbonyl (C=O) groups is 1. The first-order chi connectivity index (χ1) is 11.2. The third-order valence-corrected chi connectivity index (χ3v) is 4.21. The van der Waals surface area contributed by atoms with Gasteiger partial charge in [-0.05, 0) is 33.5 Å². The average molecular weight is 393 g/mol. The number of rotatable bonds is 5. The molecule has 4 nitrogen and oxygen atoms in total. The number of benzene rings is 2. The standard InChI is InChI=1S/C19H21BrO4/c1-19(2,3)14-10-13(23-4)11-15(20)17(14)24-16(18(21)22)12-8-6-5-7-9-12/h5-11,16H,1-4H3,(H,21,22). The van der Waals surface area contributed by atoms with E-state index < -0.39 is 12.1 Å². The molecule has 0 spiro atoms. The van der Waals surface area contributed by atoms with Crippen LogP contribution in [0, 0.1) is 0 Å². The van der Waals surface area contributed by atoms with Gasteiger partial charge in [-0.15, -0.1) is 0 Å². The number of ether oxygens (including phenoxy) is 2. The van der Waals surface area contributed by atoms with E-state index in [9.17, 15) is 9.90 Å². The summed E-state index contributed by atoms with van der Waals surface area (Å²) in [6, 6.07) is 12.6. The maximum Gasteiger partial charge on any atom is 0.349 e. The first-order valence-electron chi connectivity index (χ1n) is 7.56. The van der Waals surface area contributed by atoms with Crippen molar-refractivity contribution in [2.45, 2.75) is 32.3 Å². The summed E-state index contributed by atoms with van der Waals surface area (Å²) >= 11 is 3.48. The highest BCUT2D eigenvalue weighted by atomic mass is 79.9. The number of aliphatic carboxylic acids is 1. The van der Waals surface area contributed by atoms with E-state index in [1.54, 1.807) is 37.4 Å². The largest absolute Gasteiger partial charge is 0.497 e. The average Bonchev–Trinajstić information content (AvgIpc) is 2.52. The number of carboxylic acids is 1. The van der Waals surface area contributed by atoms with E-state index in [0.29, 0.717) is 21.5 Å². The van der Waals surface area contributed by atoms with Gasteiger partial charge in [0.15, 0.2) is 0 Å². The van der Waals surface area contributed by atoms with Gasteiger partial charge in [-0.25, -0.2) is 4.79 Å². The number of hydrogen-bond acceptors (Lipinski definition) is 3. The van der Waals surface area contributed by atoms with E-state index >= 15 is 0 Å². The smallest absolute Gasteiger partial charge is 0.349 e. The molecule has 1 atom stereocenters. The number of hydrogen-bond donors (Lipinski definition) is 1. The van der Waals surface area contributed by atoms with Crippen molar-refractivity contribution in [1.82, 2.24) is 0 Å². The number of carboxylic acid groups (broad SMARTS) is 1. The lowest BCUT2D eigenvalue weighted by atomic mass is 9.86. The normalized spacial score (nSPS) is 12.5. The van der Waals surface area contributed by atoms with Crippen LogP contribution in [0.5, 0.6) is 11.5 Å². The topological polar surface area (TPSA) is 55.8 Å². The Morgan fingerprint density at radius 1 is 1.17 bits per heavy atom. The first-order valence-corrected chi connectivity index (χ1v) is 8.35. The maximum atomic E-state index is 11.7. The first kappa shape index (κ1) is 18.3. The lowest BCUT2D eigenvalue weighted by Crippen LogP contribution is -2.21.